The van der Waals surface area contributed by atoms with Gasteiger partial charge in [0.05, 0.1) is 11.7 Å². The van der Waals surface area contributed by atoms with E-state index in [0.717, 1.165) is 18.2 Å². The molecule has 8 nitrogen and oxygen atoms in total. The predicted molar refractivity (Wildman–Crippen MR) is 114 cm³/mol. The summed E-state index contributed by atoms with van der Waals surface area (Å²) in [7, 11) is 0. The average molecular weight is 474 g/mol. The van der Waals surface area contributed by atoms with Crippen molar-refractivity contribution >= 4 is 17.5 Å². The Morgan fingerprint density at radius 2 is 1.91 bits per heavy atom. The van der Waals surface area contributed by atoms with E-state index in [2.05, 4.69) is 25.1 Å². The Kier molecular flexibility index (Phi) is 5.82. The van der Waals surface area contributed by atoms with E-state index in [0.29, 0.717) is 22.5 Å². The Balaban J connectivity index is 1.59. The zero-order valence-corrected chi connectivity index (χ0v) is 17.9. The van der Waals surface area contributed by atoms with Gasteiger partial charge in [-0.15, -0.1) is 18.3 Å². The zero-order chi connectivity index (χ0) is 24.6. The third kappa shape index (κ3) is 4.90. The number of carbonyl (C=O) groups is 1. The van der Waals surface area contributed by atoms with Crippen molar-refractivity contribution in [3.8, 4) is 17.0 Å². The summed E-state index contributed by atoms with van der Waals surface area (Å²) in [5, 5.41) is 6.57. The quantitative estimate of drug-likeness (QED) is 0.420. The number of amides is 1. The Morgan fingerprint density at radius 3 is 2.65 bits per heavy atom. The molecule has 0 aliphatic heterocycles. The van der Waals surface area contributed by atoms with Gasteiger partial charge in [-0.2, -0.15) is 4.98 Å². The number of pyridine rings is 2. The maximum Gasteiger partial charge on any atom is 0.573 e. The summed E-state index contributed by atoms with van der Waals surface area (Å²) < 4.78 is 57.1. The van der Waals surface area contributed by atoms with Gasteiger partial charge in [0, 0.05) is 17.3 Å². The van der Waals surface area contributed by atoms with Crippen molar-refractivity contribution in [3.05, 3.63) is 71.3 Å². The van der Waals surface area contributed by atoms with Crippen LogP contribution >= 0.6 is 0 Å². The number of hydrogen-bond acceptors (Lipinski definition) is 6. The van der Waals surface area contributed by atoms with Crippen LogP contribution in [0.4, 0.5) is 23.5 Å². The molecule has 34 heavy (non-hydrogen) atoms. The molecule has 3 N–H and O–H groups in total. The van der Waals surface area contributed by atoms with Crippen LogP contribution in [0.1, 0.15) is 34.6 Å². The molecule has 0 saturated heterocycles. The minimum atomic E-state index is -4.93. The molecule has 1 aromatic carbocycles. The summed E-state index contributed by atoms with van der Waals surface area (Å²) in [6, 6.07) is 8.47. The van der Waals surface area contributed by atoms with Gasteiger partial charge in [0.1, 0.15) is 17.3 Å². The van der Waals surface area contributed by atoms with E-state index >= 15 is 0 Å². The fourth-order valence-electron chi connectivity index (χ4n) is 3.37. The third-order valence-corrected chi connectivity index (χ3v) is 4.98. The molecule has 3 heterocycles. The number of halogens is 4. The van der Waals surface area contributed by atoms with Crippen molar-refractivity contribution in [2.24, 2.45) is 0 Å². The minimum absolute atomic E-state index is 0.0771. The lowest BCUT2D eigenvalue weighted by molar-refractivity contribution is -0.274. The second kappa shape index (κ2) is 8.61. The standard InChI is InChI=1S/C22H18F4N6O2/c1-11-3-6-17(13-7-8-32-18(9-13)30-21(27)31-32)29-19(11)20(33)28-12(2)15-10-14(4-5-16(15)23)34-22(24,25)26/h3-10,12H,1-2H3,(H2,27,31)(H,28,33)/t12-/m1/s1. The number of fused-ring (bicyclic) bond motifs is 1. The van der Waals surface area contributed by atoms with Crippen LogP contribution in [-0.4, -0.2) is 31.9 Å². The van der Waals surface area contributed by atoms with Crippen LogP contribution in [0, 0.1) is 12.7 Å². The molecule has 0 unspecified atom stereocenters. The molecule has 0 aliphatic carbocycles. The predicted octanol–water partition coefficient (Wildman–Crippen LogP) is 4.21. The van der Waals surface area contributed by atoms with Gasteiger partial charge in [0.25, 0.3) is 5.91 Å². The van der Waals surface area contributed by atoms with Crippen LogP contribution in [-0.2, 0) is 0 Å². The van der Waals surface area contributed by atoms with Crippen LogP contribution in [0.15, 0.2) is 48.7 Å². The van der Waals surface area contributed by atoms with E-state index in [-0.39, 0.29) is 17.2 Å². The molecule has 176 valence electrons. The van der Waals surface area contributed by atoms with Gasteiger partial charge in [-0.3, -0.25) is 4.79 Å². The second-order valence-corrected chi connectivity index (χ2v) is 7.48. The van der Waals surface area contributed by atoms with Crippen LogP contribution in [0.3, 0.4) is 0 Å². The monoisotopic (exact) mass is 474 g/mol. The second-order valence-electron chi connectivity index (χ2n) is 7.48. The lowest BCUT2D eigenvalue weighted by atomic mass is 10.1. The smallest absolute Gasteiger partial charge is 0.406 e. The first-order valence-corrected chi connectivity index (χ1v) is 9.96. The highest BCUT2D eigenvalue weighted by Crippen LogP contribution is 2.28. The summed E-state index contributed by atoms with van der Waals surface area (Å²) >= 11 is 0. The molecule has 0 spiro atoms. The largest absolute Gasteiger partial charge is 0.573 e. The van der Waals surface area contributed by atoms with Crippen molar-refractivity contribution in [1.82, 2.24) is 24.9 Å². The number of ether oxygens (including phenoxy) is 1. The Morgan fingerprint density at radius 1 is 1.15 bits per heavy atom. The molecule has 0 bridgehead atoms. The van der Waals surface area contributed by atoms with E-state index in [1.54, 1.807) is 37.4 Å². The van der Waals surface area contributed by atoms with Gasteiger partial charge in [0.2, 0.25) is 5.95 Å². The molecule has 0 radical (unpaired) electrons. The molecule has 4 rings (SSSR count). The van der Waals surface area contributed by atoms with Crippen molar-refractivity contribution in [3.63, 3.8) is 0 Å². The van der Waals surface area contributed by atoms with Gasteiger partial charge in [0.15, 0.2) is 5.65 Å². The number of alkyl halides is 3. The molecule has 4 aromatic rings. The molecule has 0 saturated carbocycles. The number of nitrogens with zero attached hydrogens (tertiary/aromatic N) is 4. The van der Waals surface area contributed by atoms with E-state index < -0.39 is 29.9 Å². The van der Waals surface area contributed by atoms with E-state index in [1.165, 1.54) is 11.4 Å². The molecule has 1 atom stereocenters. The van der Waals surface area contributed by atoms with Crippen LogP contribution < -0.4 is 15.8 Å². The number of nitrogens with two attached hydrogens (primary N) is 1. The van der Waals surface area contributed by atoms with Gasteiger partial charge < -0.3 is 15.8 Å². The Labute approximate surface area is 190 Å². The number of nitrogen functional groups attached to an aromatic ring is 1. The van der Waals surface area contributed by atoms with Crippen LogP contribution in [0.2, 0.25) is 0 Å². The highest BCUT2D eigenvalue weighted by Gasteiger charge is 2.31. The van der Waals surface area contributed by atoms with Crippen LogP contribution in [0.25, 0.3) is 16.9 Å². The maximum atomic E-state index is 14.3. The SMILES string of the molecule is Cc1ccc(-c2ccn3nc(N)nc3c2)nc1C(=O)N[C@H](C)c1cc(OC(F)(F)F)ccc1F. The summed E-state index contributed by atoms with van der Waals surface area (Å²) in [5.41, 5.74) is 7.69. The summed E-state index contributed by atoms with van der Waals surface area (Å²) in [6.45, 7) is 3.12. The molecule has 1 amide bonds. The van der Waals surface area contributed by atoms with E-state index in [4.69, 9.17) is 5.73 Å². The van der Waals surface area contributed by atoms with Gasteiger partial charge >= 0.3 is 6.36 Å². The lowest BCUT2D eigenvalue weighted by Crippen LogP contribution is -2.29. The average Bonchev–Trinajstić information content (AvgIpc) is 3.13. The van der Waals surface area contributed by atoms with Crippen molar-refractivity contribution < 1.29 is 27.1 Å². The normalized spacial score (nSPS) is 12.5. The summed E-state index contributed by atoms with van der Waals surface area (Å²) in [6.07, 6.45) is -3.28. The minimum Gasteiger partial charge on any atom is -0.406 e. The Hall–Kier alpha value is -4.22. The number of aryl methyl sites for hydroxylation is 1. The maximum absolute atomic E-state index is 14.3. The first kappa shape index (κ1) is 23.0. The molecule has 12 heteroatoms. The number of nitrogens with one attached hydrogen (secondary N) is 1. The first-order valence-electron chi connectivity index (χ1n) is 9.96. The number of benzene rings is 1. The molecule has 0 fully saturated rings. The summed E-state index contributed by atoms with van der Waals surface area (Å²) in [5.74, 6) is -1.89. The fraction of sp³-hybridized carbons (Fsp3) is 0.182. The number of anilines is 1. The molecular weight excluding hydrogens is 456 g/mol. The van der Waals surface area contributed by atoms with Crippen molar-refractivity contribution in [1.29, 1.82) is 0 Å². The third-order valence-electron chi connectivity index (χ3n) is 4.98. The summed E-state index contributed by atoms with van der Waals surface area (Å²) in [4.78, 5) is 21.4. The fourth-order valence-corrected chi connectivity index (χ4v) is 3.37. The van der Waals surface area contributed by atoms with Crippen molar-refractivity contribution in [2.45, 2.75) is 26.3 Å². The van der Waals surface area contributed by atoms with E-state index in [9.17, 15) is 22.4 Å². The van der Waals surface area contributed by atoms with Crippen LogP contribution in [0.5, 0.6) is 5.75 Å². The topological polar surface area (TPSA) is 107 Å². The molecular formula is C22H18F4N6O2. The van der Waals surface area contributed by atoms with E-state index in [1.807, 2.05) is 0 Å². The van der Waals surface area contributed by atoms with Gasteiger partial charge in [-0.1, -0.05) is 6.07 Å². The molecule has 0 aliphatic rings. The van der Waals surface area contributed by atoms with Gasteiger partial charge in [-0.05, 0) is 55.8 Å². The lowest BCUT2D eigenvalue weighted by Gasteiger charge is -2.17. The highest BCUT2D eigenvalue weighted by molar-refractivity contribution is 5.94. The van der Waals surface area contributed by atoms with Crippen molar-refractivity contribution in [2.75, 3.05) is 5.73 Å². The number of hydrogen-bond donors (Lipinski definition) is 2. The van der Waals surface area contributed by atoms with Gasteiger partial charge in [-0.25, -0.2) is 13.9 Å². The first-order chi connectivity index (χ1) is 16.0. The molecule has 3 aromatic heterocycles. The number of aromatic nitrogens is 4. The number of rotatable bonds is 5. The number of carbonyl (C=O) groups excluding carboxylic acids is 1. The highest BCUT2D eigenvalue weighted by atomic mass is 19.4. The Bertz CT molecular complexity index is 1390. The zero-order valence-electron chi connectivity index (χ0n) is 17.9.